The van der Waals surface area contributed by atoms with E-state index in [2.05, 4.69) is 17.2 Å². The minimum Gasteiger partial charge on any atom is -0.474 e. The molecule has 7 nitrogen and oxygen atoms in total. The molecule has 0 fully saturated rings. The molecule has 0 bridgehead atoms. The minimum absolute atomic E-state index is 0.160. The summed E-state index contributed by atoms with van der Waals surface area (Å²) >= 11 is 0. The first kappa shape index (κ1) is 21.6. The molecule has 0 saturated heterocycles. The van der Waals surface area contributed by atoms with E-state index in [0.29, 0.717) is 17.1 Å². The highest BCUT2D eigenvalue weighted by atomic mass is 16.5. The van der Waals surface area contributed by atoms with Crippen LogP contribution in [0.1, 0.15) is 50.6 Å². The summed E-state index contributed by atoms with van der Waals surface area (Å²) in [4.78, 5) is 30.8. The number of rotatable bonds is 5. The first-order valence-corrected chi connectivity index (χ1v) is 10.7. The maximum Gasteiger partial charge on any atom is 0.269 e. The van der Waals surface area contributed by atoms with E-state index < -0.39 is 5.60 Å². The number of hydrogen-bond acceptors (Lipinski definition) is 5. The number of furan rings is 1. The lowest BCUT2D eigenvalue weighted by atomic mass is 10.0. The number of benzene rings is 1. The summed E-state index contributed by atoms with van der Waals surface area (Å²) in [5.74, 6) is 1.25. The number of hydrogen-bond donors (Lipinski definition) is 1. The fraction of sp³-hybridized carbons (Fsp3) is 0.320. The maximum absolute atomic E-state index is 12.9. The molecule has 3 heterocycles. The van der Waals surface area contributed by atoms with Gasteiger partial charge < -0.3 is 19.4 Å². The fourth-order valence-electron chi connectivity index (χ4n) is 3.77. The number of ether oxygens (including phenoxy) is 1. The van der Waals surface area contributed by atoms with Gasteiger partial charge in [0.2, 0.25) is 5.91 Å². The Morgan fingerprint density at radius 3 is 2.81 bits per heavy atom. The number of likely N-dealkylation sites (N-methyl/N-ethyl adjacent to an activating group) is 1. The SMILES string of the molecule is CCc1c(C(C)N(C)C(=O)C=Cc2cnc3c(c2)OC(C)(C)C(=O)N3)oc2ccccc12. The van der Waals surface area contributed by atoms with Gasteiger partial charge in [-0.3, -0.25) is 9.59 Å². The van der Waals surface area contributed by atoms with Gasteiger partial charge in [0.15, 0.2) is 17.2 Å². The van der Waals surface area contributed by atoms with Crippen molar-refractivity contribution in [3.8, 4) is 5.75 Å². The molecule has 1 N–H and O–H groups in total. The molecule has 4 rings (SSSR count). The van der Waals surface area contributed by atoms with Crippen LogP contribution in [0.25, 0.3) is 17.0 Å². The Hall–Kier alpha value is -3.61. The molecule has 0 saturated carbocycles. The maximum atomic E-state index is 12.9. The van der Waals surface area contributed by atoms with E-state index in [-0.39, 0.29) is 17.9 Å². The molecule has 2 amide bonds. The zero-order valence-electron chi connectivity index (χ0n) is 18.9. The fourth-order valence-corrected chi connectivity index (χ4v) is 3.77. The van der Waals surface area contributed by atoms with Crippen molar-refractivity contribution in [1.82, 2.24) is 9.88 Å². The quantitative estimate of drug-likeness (QED) is 0.588. The minimum atomic E-state index is -0.980. The monoisotopic (exact) mass is 433 g/mol. The lowest BCUT2D eigenvalue weighted by Gasteiger charge is -2.30. The molecule has 1 aromatic carbocycles. The van der Waals surface area contributed by atoms with E-state index in [0.717, 1.165) is 28.7 Å². The Morgan fingerprint density at radius 2 is 2.06 bits per heavy atom. The molecule has 7 heteroatoms. The molecule has 166 valence electrons. The second kappa shape index (κ2) is 8.15. The van der Waals surface area contributed by atoms with E-state index in [1.54, 1.807) is 44.1 Å². The molecule has 2 aromatic heterocycles. The average molecular weight is 434 g/mol. The Bertz CT molecular complexity index is 1230. The molecule has 1 aliphatic heterocycles. The molecule has 0 radical (unpaired) electrons. The van der Waals surface area contributed by atoms with E-state index in [9.17, 15) is 9.59 Å². The zero-order chi connectivity index (χ0) is 23.0. The number of nitrogens with one attached hydrogen (secondary N) is 1. The number of carbonyl (C=O) groups excluding carboxylic acids is 2. The number of fused-ring (bicyclic) bond motifs is 2. The molecule has 3 aromatic rings. The highest BCUT2D eigenvalue weighted by molar-refractivity contribution is 5.99. The molecule has 1 atom stereocenters. The number of para-hydroxylation sites is 1. The second-order valence-corrected chi connectivity index (χ2v) is 8.43. The molecular formula is C25H27N3O4. The number of nitrogens with zero attached hydrogens (tertiary/aromatic N) is 2. The van der Waals surface area contributed by atoms with Crippen LogP contribution in [0.15, 0.2) is 47.0 Å². The van der Waals surface area contributed by atoms with Gasteiger partial charge in [0, 0.05) is 30.3 Å². The molecule has 0 spiro atoms. The third-order valence-electron chi connectivity index (χ3n) is 5.83. The largest absolute Gasteiger partial charge is 0.474 e. The topological polar surface area (TPSA) is 84.7 Å². The van der Waals surface area contributed by atoms with Crippen molar-refractivity contribution in [1.29, 1.82) is 0 Å². The van der Waals surface area contributed by atoms with Gasteiger partial charge in [0.25, 0.3) is 5.91 Å². The van der Waals surface area contributed by atoms with Crippen LogP contribution in [0.4, 0.5) is 5.82 Å². The number of aromatic nitrogens is 1. The van der Waals surface area contributed by atoms with Crippen molar-refractivity contribution in [3.05, 3.63) is 59.5 Å². The van der Waals surface area contributed by atoms with Crippen LogP contribution >= 0.6 is 0 Å². The lowest BCUT2D eigenvalue weighted by molar-refractivity contribution is -0.129. The summed E-state index contributed by atoms with van der Waals surface area (Å²) in [6, 6.07) is 9.46. The summed E-state index contributed by atoms with van der Waals surface area (Å²) in [7, 11) is 1.76. The molecule has 32 heavy (non-hydrogen) atoms. The van der Waals surface area contributed by atoms with Gasteiger partial charge in [0.05, 0.1) is 6.04 Å². The van der Waals surface area contributed by atoms with E-state index in [4.69, 9.17) is 9.15 Å². The third kappa shape index (κ3) is 3.86. The van der Waals surface area contributed by atoms with Gasteiger partial charge in [-0.2, -0.15) is 0 Å². The van der Waals surface area contributed by atoms with Gasteiger partial charge in [-0.15, -0.1) is 0 Å². The zero-order valence-corrected chi connectivity index (χ0v) is 18.9. The standard InChI is InChI=1S/C25H27N3O4/c1-6-17-18-9-7-8-10-19(18)31-22(17)15(2)28(5)21(29)12-11-16-13-20-23(26-14-16)27-24(30)25(3,4)32-20/h7-15H,6H2,1-5H3,(H,26,27,30). The van der Waals surface area contributed by atoms with Gasteiger partial charge in [0.1, 0.15) is 11.3 Å². The Kier molecular flexibility index (Phi) is 5.50. The number of aryl methyl sites for hydroxylation is 1. The van der Waals surface area contributed by atoms with Crippen molar-refractivity contribution in [2.75, 3.05) is 12.4 Å². The predicted octanol–water partition coefficient (Wildman–Crippen LogP) is 4.73. The Morgan fingerprint density at radius 1 is 1.31 bits per heavy atom. The van der Waals surface area contributed by atoms with Crippen LogP contribution < -0.4 is 10.1 Å². The second-order valence-electron chi connectivity index (χ2n) is 8.43. The molecule has 1 unspecified atom stereocenters. The Balaban J connectivity index is 1.53. The summed E-state index contributed by atoms with van der Waals surface area (Å²) in [5, 5.41) is 3.82. The van der Waals surface area contributed by atoms with Crippen LogP contribution in [0.5, 0.6) is 5.75 Å². The number of carbonyl (C=O) groups is 2. The van der Waals surface area contributed by atoms with E-state index in [1.165, 1.54) is 6.08 Å². The summed E-state index contributed by atoms with van der Waals surface area (Å²) in [6.07, 6.45) is 5.59. The van der Waals surface area contributed by atoms with Crippen LogP contribution in [0.2, 0.25) is 0 Å². The smallest absolute Gasteiger partial charge is 0.269 e. The summed E-state index contributed by atoms with van der Waals surface area (Å²) in [6.45, 7) is 7.43. The number of pyridine rings is 1. The van der Waals surface area contributed by atoms with Gasteiger partial charge in [-0.25, -0.2) is 4.98 Å². The van der Waals surface area contributed by atoms with Gasteiger partial charge in [-0.05, 0) is 51.0 Å². The number of anilines is 1. The summed E-state index contributed by atoms with van der Waals surface area (Å²) in [5.41, 5.74) is 1.67. The van der Waals surface area contributed by atoms with Crippen molar-refractivity contribution in [2.45, 2.75) is 45.8 Å². The normalized spacial score (nSPS) is 15.8. The van der Waals surface area contributed by atoms with Crippen LogP contribution in [0, 0.1) is 0 Å². The third-order valence-corrected chi connectivity index (χ3v) is 5.83. The lowest BCUT2D eigenvalue weighted by Crippen LogP contribution is -2.46. The molecule has 1 aliphatic rings. The highest BCUT2D eigenvalue weighted by Crippen LogP contribution is 2.34. The van der Waals surface area contributed by atoms with Gasteiger partial charge >= 0.3 is 0 Å². The van der Waals surface area contributed by atoms with Crippen LogP contribution in [0.3, 0.4) is 0 Å². The first-order valence-electron chi connectivity index (χ1n) is 10.7. The predicted molar refractivity (Wildman–Crippen MR) is 123 cm³/mol. The highest BCUT2D eigenvalue weighted by Gasteiger charge is 2.36. The summed E-state index contributed by atoms with van der Waals surface area (Å²) < 4.78 is 11.9. The Labute approximate surface area is 187 Å². The molecular weight excluding hydrogens is 406 g/mol. The van der Waals surface area contributed by atoms with Crippen molar-refractivity contribution >= 4 is 34.7 Å². The van der Waals surface area contributed by atoms with Gasteiger partial charge in [-0.1, -0.05) is 25.1 Å². The van der Waals surface area contributed by atoms with E-state index >= 15 is 0 Å². The van der Waals surface area contributed by atoms with Crippen molar-refractivity contribution < 1.29 is 18.7 Å². The average Bonchev–Trinajstić information content (AvgIpc) is 3.15. The van der Waals surface area contributed by atoms with Crippen molar-refractivity contribution in [3.63, 3.8) is 0 Å². The number of amides is 2. The van der Waals surface area contributed by atoms with Crippen LogP contribution in [-0.2, 0) is 16.0 Å². The van der Waals surface area contributed by atoms with Crippen molar-refractivity contribution in [2.24, 2.45) is 0 Å². The van der Waals surface area contributed by atoms with E-state index in [1.807, 2.05) is 31.2 Å². The van der Waals surface area contributed by atoms with Crippen LogP contribution in [-0.4, -0.2) is 34.3 Å². The first-order chi connectivity index (χ1) is 15.2. The molecule has 0 aliphatic carbocycles.